The zero-order valence-corrected chi connectivity index (χ0v) is 19.4. The van der Waals surface area contributed by atoms with Gasteiger partial charge in [0.25, 0.3) is 5.91 Å². The average Bonchev–Trinajstić information content (AvgIpc) is 3.37. The van der Waals surface area contributed by atoms with Gasteiger partial charge in [0.05, 0.1) is 43.2 Å². The summed E-state index contributed by atoms with van der Waals surface area (Å²) in [6.07, 6.45) is 0.803. The molecule has 0 saturated carbocycles. The van der Waals surface area contributed by atoms with Crippen LogP contribution in [0.4, 0.5) is 5.13 Å². The molecule has 0 radical (unpaired) electrons. The molecule has 1 amide bonds. The Balaban J connectivity index is 1.57. The van der Waals surface area contributed by atoms with Gasteiger partial charge in [0.2, 0.25) is 0 Å². The molecule has 1 aromatic heterocycles. The number of methoxy groups -OCH3 is 1. The molecule has 170 valence electrons. The van der Waals surface area contributed by atoms with Crippen molar-refractivity contribution in [3.8, 4) is 23.1 Å². The van der Waals surface area contributed by atoms with Crippen LogP contribution in [0.3, 0.4) is 0 Å². The minimum atomic E-state index is -0.204. The monoisotopic (exact) mass is 462 g/mol. The number of aromatic nitrogens is 1. The maximum Gasteiger partial charge on any atom is 0.261 e. The summed E-state index contributed by atoms with van der Waals surface area (Å²) in [5.74, 6) is 0.576. The third-order valence-electron chi connectivity index (χ3n) is 5.59. The molecule has 1 aliphatic heterocycles. The van der Waals surface area contributed by atoms with Crippen LogP contribution in [0.5, 0.6) is 5.75 Å². The smallest absolute Gasteiger partial charge is 0.261 e. The largest absolute Gasteiger partial charge is 0.497 e. The van der Waals surface area contributed by atoms with Gasteiger partial charge in [0.15, 0.2) is 5.13 Å². The highest BCUT2D eigenvalue weighted by Crippen LogP contribution is 2.30. The van der Waals surface area contributed by atoms with Crippen LogP contribution in [0.25, 0.3) is 11.3 Å². The highest BCUT2D eigenvalue weighted by atomic mass is 32.1. The second-order valence-corrected chi connectivity index (χ2v) is 8.50. The summed E-state index contributed by atoms with van der Waals surface area (Å²) in [4.78, 5) is 22.3. The number of thiazole rings is 1. The van der Waals surface area contributed by atoms with Crippen LogP contribution in [0.2, 0.25) is 0 Å². The van der Waals surface area contributed by atoms with Crippen molar-refractivity contribution in [1.29, 1.82) is 5.26 Å². The number of morpholine rings is 1. The number of carbonyl (C=O) groups excluding carboxylic acids is 1. The molecule has 0 spiro atoms. The Morgan fingerprint density at radius 3 is 2.70 bits per heavy atom. The molecule has 33 heavy (non-hydrogen) atoms. The number of rotatable bonds is 8. The number of carbonyl (C=O) groups is 1. The van der Waals surface area contributed by atoms with E-state index in [2.05, 4.69) is 11.0 Å². The zero-order chi connectivity index (χ0) is 23.0. The van der Waals surface area contributed by atoms with Crippen LogP contribution in [0, 0.1) is 11.3 Å². The number of nitriles is 1. The molecule has 0 aliphatic carbocycles. The molecule has 0 bridgehead atoms. The molecule has 0 N–H and O–H groups in total. The van der Waals surface area contributed by atoms with E-state index in [0.29, 0.717) is 22.8 Å². The minimum Gasteiger partial charge on any atom is -0.497 e. The molecule has 2 heterocycles. The van der Waals surface area contributed by atoms with Gasteiger partial charge in [0, 0.05) is 37.1 Å². The Bertz CT molecular complexity index is 1120. The average molecular weight is 463 g/mol. The fourth-order valence-electron chi connectivity index (χ4n) is 3.76. The van der Waals surface area contributed by atoms with E-state index >= 15 is 0 Å². The van der Waals surface area contributed by atoms with Gasteiger partial charge < -0.3 is 9.47 Å². The Kier molecular flexibility index (Phi) is 7.68. The third kappa shape index (κ3) is 5.57. The number of amides is 1. The maximum atomic E-state index is 13.5. The molecule has 1 aliphatic rings. The van der Waals surface area contributed by atoms with Crippen molar-refractivity contribution in [2.24, 2.45) is 0 Å². The predicted molar refractivity (Wildman–Crippen MR) is 129 cm³/mol. The van der Waals surface area contributed by atoms with Crippen LogP contribution in [-0.2, 0) is 4.74 Å². The molecule has 4 rings (SSSR count). The second kappa shape index (κ2) is 11.1. The van der Waals surface area contributed by atoms with Gasteiger partial charge in [0.1, 0.15) is 5.75 Å². The SMILES string of the molecule is COc1ccc(-c2csc(N(CCCN3CCOCC3)C(=O)c3ccccc3C#N)n2)cc1. The van der Waals surface area contributed by atoms with Gasteiger partial charge in [-0.15, -0.1) is 11.3 Å². The first kappa shape index (κ1) is 22.9. The summed E-state index contributed by atoms with van der Waals surface area (Å²) in [5.41, 5.74) is 2.52. The number of hydrogen-bond donors (Lipinski definition) is 0. The lowest BCUT2D eigenvalue weighted by Crippen LogP contribution is -2.39. The zero-order valence-electron chi connectivity index (χ0n) is 18.6. The summed E-state index contributed by atoms with van der Waals surface area (Å²) in [7, 11) is 1.63. The lowest BCUT2D eigenvalue weighted by Gasteiger charge is -2.27. The molecule has 1 saturated heterocycles. The molecule has 0 atom stereocenters. The normalized spacial score (nSPS) is 13.9. The van der Waals surface area contributed by atoms with Crippen LogP contribution in [-0.4, -0.2) is 62.3 Å². The minimum absolute atomic E-state index is 0.204. The fourth-order valence-corrected chi connectivity index (χ4v) is 4.61. The summed E-state index contributed by atoms with van der Waals surface area (Å²) >= 11 is 1.43. The first-order valence-corrected chi connectivity index (χ1v) is 11.8. The van der Waals surface area contributed by atoms with Crippen molar-refractivity contribution in [2.45, 2.75) is 6.42 Å². The maximum absolute atomic E-state index is 13.5. The molecular formula is C25H26N4O3S. The Morgan fingerprint density at radius 1 is 1.21 bits per heavy atom. The van der Waals surface area contributed by atoms with Crippen molar-refractivity contribution in [2.75, 3.05) is 51.4 Å². The van der Waals surface area contributed by atoms with Gasteiger partial charge in [-0.3, -0.25) is 14.6 Å². The lowest BCUT2D eigenvalue weighted by molar-refractivity contribution is 0.0376. The van der Waals surface area contributed by atoms with Gasteiger partial charge in [-0.2, -0.15) is 5.26 Å². The Morgan fingerprint density at radius 2 is 1.97 bits per heavy atom. The number of benzene rings is 2. The van der Waals surface area contributed by atoms with E-state index in [9.17, 15) is 10.1 Å². The Labute approximate surface area is 197 Å². The second-order valence-electron chi connectivity index (χ2n) is 7.67. The van der Waals surface area contributed by atoms with Crippen molar-refractivity contribution in [1.82, 2.24) is 9.88 Å². The van der Waals surface area contributed by atoms with Crippen LogP contribution in [0.1, 0.15) is 22.3 Å². The predicted octanol–water partition coefficient (Wildman–Crippen LogP) is 4.06. The number of nitrogens with zero attached hydrogens (tertiary/aromatic N) is 4. The molecular weight excluding hydrogens is 436 g/mol. The summed E-state index contributed by atoms with van der Waals surface area (Å²) in [6, 6.07) is 16.7. The highest BCUT2D eigenvalue weighted by molar-refractivity contribution is 7.14. The van der Waals surface area contributed by atoms with Crippen LogP contribution >= 0.6 is 11.3 Å². The molecule has 0 unspecified atom stereocenters. The first-order valence-electron chi connectivity index (χ1n) is 10.9. The molecule has 1 fully saturated rings. The summed E-state index contributed by atoms with van der Waals surface area (Å²) in [6.45, 7) is 4.70. The van der Waals surface area contributed by atoms with E-state index in [1.54, 1.807) is 36.3 Å². The quantitative estimate of drug-likeness (QED) is 0.502. The van der Waals surface area contributed by atoms with E-state index < -0.39 is 0 Å². The molecule has 8 heteroatoms. The van der Waals surface area contributed by atoms with E-state index in [1.807, 2.05) is 29.6 Å². The van der Waals surface area contributed by atoms with Gasteiger partial charge >= 0.3 is 0 Å². The van der Waals surface area contributed by atoms with Crippen LogP contribution in [0.15, 0.2) is 53.9 Å². The summed E-state index contributed by atoms with van der Waals surface area (Å²) < 4.78 is 10.7. The standard InChI is InChI=1S/C25H26N4O3S/c1-31-21-9-7-19(8-10-21)23-18-33-25(27-23)29(12-4-11-28-13-15-32-16-14-28)24(30)22-6-3-2-5-20(22)17-26/h2-3,5-10,18H,4,11-16H2,1H3. The van der Waals surface area contributed by atoms with Gasteiger partial charge in [-0.1, -0.05) is 12.1 Å². The van der Waals surface area contributed by atoms with Gasteiger partial charge in [-0.05, 0) is 42.8 Å². The lowest BCUT2D eigenvalue weighted by atomic mass is 10.1. The fraction of sp³-hybridized carbons (Fsp3) is 0.320. The number of ether oxygens (including phenoxy) is 2. The first-order chi connectivity index (χ1) is 16.2. The van der Waals surface area contributed by atoms with Crippen molar-refractivity contribution < 1.29 is 14.3 Å². The molecule has 3 aromatic rings. The van der Waals surface area contributed by atoms with Crippen molar-refractivity contribution >= 4 is 22.4 Å². The molecule has 2 aromatic carbocycles. The topological polar surface area (TPSA) is 78.7 Å². The van der Waals surface area contributed by atoms with E-state index in [1.165, 1.54) is 11.3 Å². The molecule has 7 nitrogen and oxygen atoms in total. The summed E-state index contributed by atoms with van der Waals surface area (Å²) in [5, 5.41) is 12.1. The third-order valence-corrected chi connectivity index (χ3v) is 6.46. The van der Waals surface area contributed by atoms with E-state index in [-0.39, 0.29) is 5.91 Å². The highest BCUT2D eigenvalue weighted by Gasteiger charge is 2.23. The number of hydrogen-bond acceptors (Lipinski definition) is 7. The van der Waals surface area contributed by atoms with Crippen molar-refractivity contribution in [3.63, 3.8) is 0 Å². The number of anilines is 1. The van der Waals surface area contributed by atoms with E-state index in [0.717, 1.165) is 56.3 Å². The Hall–Kier alpha value is -3.25. The van der Waals surface area contributed by atoms with Crippen molar-refractivity contribution in [3.05, 3.63) is 65.0 Å². The van der Waals surface area contributed by atoms with E-state index in [4.69, 9.17) is 14.5 Å². The van der Waals surface area contributed by atoms with Gasteiger partial charge in [-0.25, -0.2) is 4.98 Å². The van der Waals surface area contributed by atoms with Crippen LogP contribution < -0.4 is 9.64 Å².